The van der Waals surface area contributed by atoms with Crippen molar-refractivity contribution >= 4 is 18.2 Å². The van der Waals surface area contributed by atoms with E-state index in [2.05, 4.69) is 40.8 Å². The number of benzene rings is 1. The summed E-state index contributed by atoms with van der Waals surface area (Å²) in [5.41, 5.74) is 0. The molecule has 2 rings (SSSR count). The molecule has 0 heterocycles. The fraction of sp³-hybridized carbons (Fsp3) is 0.684. The lowest BCUT2D eigenvalue weighted by Gasteiger charge is -2.43. The standard InChI is InChI=1S/C19H32O3SSi/c1-15-12-13-18(23(20,21)16-10-8-7-9-11-16)17(14-15)22-24(5,6)19(2,3)4/h7-11,15,17-18H,12-14H2,1-6H3/t15-,17-,18-/m1/s1. The smallest absolute Gasteiger partial charge is 0.192 e. The first-order valence-electron chi connectivity index (χ1n) is 8.92. The van der Waals surface area contributed by atoms with Gasteiger partial charge in [0.1, 0.15) is 0 Å². The summed E-state index contributed by atoms with van der Waals surface area (Å²) in [7, 11) is -5.36. The Bertz CT molecular complexity index is 647. The lowest BCUT2D eigenvalue weighted by Crippen LogP contribution is -2.50. The van der Waals surface area contributed by atoms with Gasteiger partial charge in [0.2, 0.25) is 0 Å². The van der Waals surface area contributed by atoms with E-state index in [0.29, 0.717) is 17.2 Å². The minimum Gasteiger partial charge on any atom is -0.413 e. The number of sulfone groups is 1. The van der Waals surface area contributed by atoms with E-state index in [1.54, 1.807) is 24.3 Å². The van der Waals surface area contributed by atoms with Crippen LogP contribution in [-0.4, -0.2) is 28.1 Å². The van der Waals surface area contributed by atoms with Gasteiger partial charge in [-0.15, -0.1) is 0 Å². The molecular weight excluding hydrogens is 336 g/mol. The minimum absolute atomic E-state index is 0.0781. The van der Waals surface area contributed by atoms with E-state index in [0.717, 1.165) is 12.8 Å². The molecule has 0 aliphatic heterocycles. The van der Waals surface area contributed by atoms with Crippen LogP contribution in [0.15, 0.2) is 35.2 Å². The van der Waals surface area contributed by atoms with E-state index < -0.39 is 23.4 Å². The van der Waals surface area contributed by atoms with Crippen LogP contribution < -0.4 is 0 Å². The molecule has 1 aromatic rings. The second-order valence-electron chi connectivity index (χ2n) is 8.73. The monoisotopic (exact) mass is 368 g/mol. The lowest BCUT2D eigenvalue weighted by molar-refractivity contribution is 0.117. The largest absolute Gasteiger partial charge is 0.413 e. The normalized spacial score (nSPS) is 26.3. The predicted molar refractivity (Wildman–Crippen MR) is 103 cm³/mol. The van der Waals surface area contributed by atoms with Gasteiger partial charge in [-0.05, 0) is 55.4 Å². The molecule has 1 saturated carbocycles. The van der Waals surface area contributed by atoms with Crippen LogP contribution in [0.25, 0.3) is 0 Å². The Morgan fingerprint density at radius 3 is 2.21 bits per heavy atom. The van der Waals surface area contributed by atoms with Gasteiger partial charge >= 0.3 is 0 Å². The molecule has 0 unspecified atom stereocenters. The highest BCUT2D eigenvalue weighted by atomic mass is 32.2. The molecule has 0 saturated heterocycles. The second kappa shape index (κ2) is 6.93. The van der Waals surface area contributed by atoms with E-state index >= 15 is 0 Å². The molecule has 3 atom stereocenters. The summed E-state index contributed by atoms with van der Waals surface area (Å²) in [5.74, 6) is 0.516. The van der Waals surface area contributed by atoms with Crippen LogP contribution in [0, 0.1) is 5.92 Å². The summed E-state index contributed by atoms with van der Waals surface area (Å²) in [6, 6.07) is 8.85. The number of rotatable bonds is 4. The SMILES string of the molecule is C[C@@H]1CC[C@@H](S(=O)(=O)c2ccccc2)[C@H](O[Si](C)(C)C(C)(C)C)C1. The molecule has 1 aliphatic rings. The Labute approximate surface area is 148 Å². The van der Waals surface area contributed by atoms with Crippen molar-refractivity contribution in [2.75, 3.05) is 0 Å². The molecule has 0 amide bonds. The van der Waals surface area contributed by atoms with Gasteiger partial charge in [0.15, 0.2) is 18.2 Å². The van der Waals surface area contributed by atoms with Crippen molar-refractivity contribution in [3.63, 3.8) is 0 Å². The molecule has 0 radical (unpaired) electrons. The van der Waals surface area contributed by atoms with Gasteiger partial charge < -0.3 is 4.43 Å². The summed E-state index contributed by atoms with van der Waals surface area (Å²) in [5, 5.41) is -0.348. The van der Waals surface area contributed by atoms with Crippen molar-refractivity contribution in [2.45, 2.75) is 81.3 Å². The summed E-state index contributed by atoms with van der Waals surface area (Å²) in [4.78, 5) is 0.424. The summed E-state index contributed by atoms with van der Waals surface area (Å²) < 4.78 is 32.9. The van der Waals surface area contributed by atoms with Crippen LogP contribution in [0.2, 0.25) is 18.1 Å². The molecule has 136 valence electrons. The third-order valence-electron chi connectivity index (χ3n) is 5.72. The highest BCUT2D eigenvalue weighted by molar-refractivity contribution is 7.92. The van der Waals surface area contributed by atoms with Crippen molar-refractivity contribution in [1.29, 1.82) is 0 Å². The van der Waals surface area contributed by atoms with Crippen LogP contribution in [0.3, 0.4) is 0 Å². The molecule has 0 bridgehead atoms. The minimum atomic E-state index is -3.36. The van der Waals surface area contributed by atoms with Crippen molar-refractivity contribution in [3.05, 3.63) is 30.3 Å². The van der Waals surface area contributed by atoms with Gasteiger partial charge in [-0.2, -0.15) is 0 Å². The summed E-state index contributed by atoms with van der Waals surface area (Å²) in [6.45, 7) is 13.2. The van der Waals surface area contributed by atoms with Gasteiger partial charge in [0.05, 0.1) is 16.2 Å². The number of hydrogen-bond acceptors (Lipinski definition) is 3. The topological polar surface area (TPSA) is 43.4 Å². The van der Waals surface area contributed by atoms with Crippen LogP contribution in [-0.2, 0) is 14.3 Å². The average molecular weight is 369 g/mol. The summed E-state index contributed by atoms with van der Waals surface area (Å²) >= 11 is 0. The zero-order valence-corrected chi connectivity index (χ0v) is 17.7. The Morgan fingerprint density at radius 2 is 1.67 bits per heavy atom. The van der Waals surface area contributed by atoms with Crippen LogP contribution in [0.5, 0.6) is 0 Å². The third-order valence-corrected chi connectivity index (χ3v) is 12.5. The molecule has 24 heavy (non-hydrogen) atoms. The third kappa shape index (κ3) is 4.11. The summed E-state index contributed by atoms with van der Waals surface area (Å²) in [6.07, 6.45) is 2.29. The maximum atomic E-state index is 13.2. The molecule has 0 N–H and O–H groups in total. The number of hydrogen-bond donors (Lipinski definition) is 0. The van der Waals surface area contributed by atoms with Crippen molar-refractivity contribution < 1.29 is 12.8 Å². The van der Waals surface area contributed by atoms with E-state index in [9.17, 15) is 8.42 Å². The zero-order valence-electron chi connectivity index (χ0n) is 15.9. The zero-order chi connectivity index (χ0) is 18.2. The molecule has 1 aliphatic carbocycles. The lowest BCUT2D eigenvalue weighted by atomic mass is 9.88. The van der Waals surface area contributed by atoms with Gasteiger partial charge in [-0.1, -0.05) is 45.9 Å². The Balaban J connectivity index is 2.33. The molecule has 0 aromatic heterocycles. The first-order chi connectivity index (χ1) is 10.9. The highest BCUT2D eigenvalue weighted by Crippen LogP contribution is 2.41. The average Bonchev–Trinajstić information content (AvgIpc) is 2.46. The van der Waals surface area contributed by atoms with Crippen LogP contribution in [0.1, 0.15) is 47.0 Å². The van der Waals surface area contributed by atoms with Crippen molar-refractivity contribution in [3.8, 4) is 0 Å². The van der Waals surface area contributed by atoms with Gasteiger partial charge in [-0.25, -0.2) is 8.42 Å². The van der Waals surface area contributed by atoms with E-state index in [4.69, 9.17) is 4.43 Å². The Morgan fingerprint density at radius 1 is 1.08 bits per heavy atom. The Kier molecular flexibility index (Phi) is 5.68. The van der Waals surface area contributed by atoms with E-state index in [1.807, 2.05) is 6.07 Å². The van der Waals surface area contributed by atoms with Gasteiger partial charge in [0, 0.05) is 0 Å². The molecule has 3 nitrogen and oxygen atoms in total. The van der Waals surface area contributed by atoms with E-state index in [-0.39, 0.29) is 11.1 Å². The first kappa shape index (κ1) is 19.7. The van der Waals surface area contributed by atoms with Crippen molar-refractivity contribution in [1.82, 2.24) is 0 Å². The fourth-order valence-electron chi connectivity index (χ4n) is 3.12. The molecule has 5 heteroatoms. The first-order valence-corrected chi connectivity index (χ1v) is 13.4. The van der Waals surface area contributed by atoms with Gasteiger partial charge in [-0.3, -0.25) is 0 Å². The van der Waals surface area contributed by atoms with Crippen LogP contribution >= 0.6 is 0 Å². The maximum Gasteiger partial charge on any atom is 0.192 e. The molecular formula is C19H32O3SSi. The molecule has 0 spiro atoms. The highest BCUT2D eigenvalue weighted by Gasteiger charge is 2.45. The quantitative estimate of drug-likeness (QED) is 0.699. The molecule has 1 fully saturated rings. The van der Waals surface area contributed by atoms with Crippen molar-refractivity contribution in [2.24, 2.45) is 5.92 Å². The predicted octanol–water partition coefficient (Wildman–Crippen LogP) is 5.04. The Hall–Kier alpha value is -0.653. The second-order valence-corrected chi connectivity index (χ2v) is 15.7. The fourth-order valence-corrected chi connectivity index (χ4v) is 6.49. The van der Waals surface area contributed by atoms with Crippen LogP contribution in [0.4, 0.5) is 0 Å². The molecule has 1 aromatic carbocycles. The van der Waals surface area contributed by atoms with E-state index in [1.165, 1.54) is 0 Å². The maximum absolute atomic E-state index is 13.2. The van der Waals surface area contributed by atoms with Gasteiger partial charge in [0.25, 0.3) is 0 Å².